The molecule has 0 bridgehead atoms. The molecule has 0 heterocycles. The molecule has 1 unspecified atom stereocenters. The van der Waals surface area contributed by atoms with Gasteiger partial charge >= 0.3 is 0 Å². The van der Waals surface area contributed by atoms with Gasteiger partial charge in [0.1, 0.15) is 0 Å². The lowest BCUT2D eigenvalue weighted by atomic mass is 10.1. The number of aliphatic hydroxyl groups excluding tert-OH is 1. The Labute approximate surface area is 117 Å². The van der Waals surface area contributed by atoms with Crippen molar-refractivity contribution in [1.82, 2.24) is 5.32 Å². The molecule has 0 aromatic heterocycles. The zero-order valence-corrected chi connectivity index (χ0v) is 11.2. The van der Waals surface area contributed by atoms with E-state index >= 15 is 0 Å². The Morgan fingerprint density at radius 2 is 1.80 bits per heavy atom. The van der Waals surface area contributed by atoms with Gasteiger partial charge in [-0.1, -0.05) is 36.4 Å². The van der Waals surface area contributed by atoms with Crippen LogP contribution in [0.1, 0.15) is 29.7 Å². The molecule has 1 atom stereocenters. The van der Waals surface area contributed by atoms with Crippen LogP contribution in [0, 0.1) is 11.6 Å². The van der Waals surface area contributed by atoms with Gasteiger partial charge in [0, 0.05) is 18.2 Å². The zero-order valence-electron chi connectivity index (χ0n) is 11.2. The van der Waals surface area contributed by atoms with E-state index in [1.165, 1.54) is 6.07 Å². The number of nitrogens with one attached hydrogen (secondary N) is 1. The van der Waals surface area contributed by atoms with E-state index in [0.717, 1.165) is 17.2 Å². The lowest BCUT2D eigenvalue weighted by molar-refractivity contribution is 0.281. The van der Waals surface area contributed by atoms with Crippen molar-refractivity contribution in [3.63, 3.8) is 0 Å². The molecule has 0 saturated carbocycles. The summed E-state index contributed by atoms with van der Waals surface area (Å²) in [7, 11) is 0. The zero-order chi connectivity index (χ0) is 14.5. The molecule has 106 valence electrons. The number of aliphatic hydroxyl groups is 1. The lowest BCUT2D eigenvalue weighted by Gasteiger charge is -2.15. The fraction of sp³-hybridized carbons (Fsp3) is 0.250. The summed E-state index contributed by atoms with van der Waals surface area (Å²) in [6.45, 7) is 2.29. The summed E-state index contributed by atoms with van der Waals surface area (Å²) in [4.78, 5) is 0. The molecular formula is C16H17F2NO. The number of rotatable bonds is 5. The van der Waals surface area contributed by atoms with Gasteiger partial charge in [-0.2, -0.15) is 0 Å². The van der Waals surface area contributed by atoms with E-state index in [9.17, 15) is 8.78 Å². The molecule has 0 radical (unpaired) electrons. The average molecular weight is 277 g/mol. The van der Waals surface area contributed by atoms with Gasteiger partial charge < -0.3 is 10.4 Å². The molecule has 0 amide bonds. The van der Waals surface area contributed by atoms with Crippen molar-refractivity contribution in [1.29, 1.82) is 0 Å². The highest BCUT2D eigenvalue weighted by Crippen LogP contribution is 2.19. The van der Waals surface area contributed by atoms with E-state index in [1.54, 1.807) is 13.0 Å². The summed E-state index contributed by atoms with van der Waals surface area (Å²) >= 11 is 0. The Hall–Kier alpha value is -1.78. The van der Waals surface area contributed by atoms with Crippen molar-refractivity contribution in [2.75, 3.05) is 0 Å². The maximum Gasteiger partial charge on any atom is 0.163 e. The van der Waals surface area contributed by atoms with Gasteiger partial charge in [-0.3, -0.25) is 0 Å². The van der Waals surface area contributed by atoms with Crippen LogP contribution in [0.5, 0.6) is 0 Å². The molecule has 0 aliphatic carbocycles. The molecule has 4 heteroatoms. The third-order valence-corrected chi connectivity index (χ3v) is 3.23. The second-order valence-corrected chi connectivity index (χ2v) is 4.72. The van der Waals surface area contributed by atoms with Crippen LogP contribution in [0.3, 0.4) is 0 Å². The van der Waals surface area contributed by atoms with Gasteiger partial charge in [-0.05, 0) is 24.1 Å². The highest BCUT2D eigenvalue weighted by molar-refractivity contribution is 5.24. The highest BCUT2D eigenvalue weighted by Gasteiger charge is 2.13. The lowest BCUT2D eigenvalue weighted by Crippen LogP contribution is -2.19. The minimum atomic E-state index is -0.835. The Kier molecular flexibility index (Phi) is 4.82. The van der Waals surface area contributed by atoms with Crippen LogP contribution in [-0.2, 0) is 13.2 Å². The van der Waals surface area contributed by atoms with Crippen molar-refractivity contribution in [3.05, 3.63) is 70.8 Å². The van der Waals surface area contributed by atoms with Crippen LogP contribution in [0.2, 0.25) is 0 Å². The van der Waals surface area contributed by atoms with Crippen LogP contribution < -0.4 is 5.32 Å². The Morgan fingerprint density at radius 1 is 1.10 bits per heavy atom. The minimum absolute atomic E-state index is 0.0120. The molecule has 2 aromatic carbocycles. The molecule has 2 N–H and O–H groups in total. The summed E-state index contributed by atoms with van der Waals surface area (Å²) in [5.74, 6) is -1.64. The summed E-state index contributed by atoms with van der Waals surface area (Å²) in [5, 5.41) is 12.2. The van der Waals surface area contributed by atoms with Crippen molar-refractivity contribution in [2.24, 2.45) is 0 Å². The second-order valence-electron chi connectivity index (χ2n) is 4.72. The van der Waals surface area contributed by atoms with Crippen LogP contribution in [0.25, 0.3) is 0 Å². The summed E-state index contributed by atoms with van der Waals surface area (Å²) in [6.07, 6.45) is 0. The van der Waals surface area contributed by atoms with E-state index in [2.05, 4.69) is 5.32 Å². The van der Waals surface area contributed by atoms with Gasteiger partial charge in [0.05, 0.1) is 6.61 Å². The summed E-state index contributed by atoms with van der Waals surface area (Å²) < 4.78 is 26.8. The summed E-state index contributed by atoms with van der Waals surface area (Å²) in [6, 6.07) is 11.4. The number of hydrogen-bond acceptors (Lipinski definition) is 2. The smallest absolute Gasteiger partial charge is 0.163 e. The molecule has 0 saturated heterocycles. The summed E-state index contributed by atoms with van der Waals surface area (Å²) in [5.41, 5.74) is 2.12. The predicted octanol–water partition coefficient (Wildman–Crippen LogP) is 3.31. The Morgan fingerprint density at radius 3 is 2.55 bits per heavy atom. The van der Waals surface area contributed by atoms with Gasteiger partial charge in [0.2, 0.25) is 0 Å². The second kappa shape index (κ2) is 6.59. The van der Waals surface area contributed by atoms with E-state index < -0.39 is 11.6 Å². The van der Waals surface area contributed by atoms with Gasteiger partial charge in [-0.15, -0.1) is 0 Å². The first-order valence-electron chi connectivity index (χ1n) is 6.47. The van der Waals surface area contributed by atoms with Crippen molar-refractivity contribution in [2.45, 2.75) is 26.1 Å². The third-order valence-electron chi connectivity index (χ3n) is 3.23. The number of benzene rings is 2. The first kappa shape index (κ1) is 14.6. The fourth-order valence-electron chi connectivity index (χ4n) is 2.07. The fourth-order valence-corrected chi connectivity index (χ4v) is 2.07. The first-order valence-corrected chi connectivity index (χ1v) is 6.47. The van der Waals surface area contributed by atoms with E-state index in [1.807, 2.05) is 24.3 Å². The van der Waals surface area contributed by atoms with Gasteiger partial charge in [0.15, 0.2) is 11.6 Å². The normalized spacial score (nSPS) is 12.4. The standard InChI is InChI=1S/C16H17F2NO/c1-11(14-6-3-7-15(17)16(14)18)19-9-12-4-2-5-13(8-12)10-20/h2-8,11,19-20H,9-10H2,1H3. The van der Waals surface area contributed by atoms with Crippen molar-refractivity contribution < 1.29 is 13.9 Å². The van der Waals surface area contributed by atoms with Gasteiger partial charge in [0.25, 0.3) is 0 Å². The molecule has 2 rings (SSSR count). The molecule has 0 spiro atoms. The molecule has 0 aliphatic rings. The van der Waals surface area contributed by atoms with Crippen LogP contribution in [0.4, 0.5) is 8.78 Å². The van der Waals surface area contributed by atoms with Crippen molar-refractivity contribution in [3.8, 4) is 0 Å². The maximum atomic E-state index is 13.6. The quantitative estimate of drug-likeness (QED) is 0.879. The van der Waals surface area contributed by atoms with E-state index in [4.69, 9.17) is 5.11 Å². The molecule has 0 fully saturated rings. The molecule has 20 heavy (non-hydrogen) atoms. The van der Waals surface area contributed by atoms with Crippen LogP contribution >= 0.6 is 0 Å². The maximum absolute atomic E-state index is 13.6. The molecular weight excluding hydrogens is 260 g/mol. The topological polar surface area (TPSA) is 32.3 Å². The minimum Gasteiger partial charge on any atom is -0.392 e. The van der Waals surface area contributed by atoms with Crippen LogP contribution in [-0.4, -0.2) is 5.11 Å². The van der Waals surface area contributed by atoms with E-state index in [0.29, 0.717) is 12.1 Å². The predicted molar refractivity (Wildman–Crippen MR) is 74.0 cm³/mol. The number of hydrogen-bond donors (Lipinski definition) is 2. The SMILES string of the molecule is CC(NCc1cccc(CO)c1)c1cccc(F)c1F. The monoisotopic (exact) mass is 277 g/mol. The molecule has 2 aromatic rings. The molecule has 2 nitrogen and oxygen atoms in total. The van der Waals surface area contributed by atoms with Gasteiger partial charge in [-0.25, -0.2) is 8.78 Å². The Bertz CT molecular complexity index is 586. The average Bonchev–Trinajstić information content (AvgIpc) is 2.48. The Balaban J connectivity index is 2.04. The van der Waals surface area contributed by atoms with Crippen LogP contribution in [0.15, 0.2) is 42.5 Å². The first-order chi connectivity index (χ1) is 9.61. The van der Waals surface area contributed by atoms with Crippen molar-refractivity contribution >= 4 is 0 Å². The molecule has 0 aliphatic heterocycles. The largest absolute Gasteiger partial charge is 0.392 e. The third kappa shape index (κ3) is 3.40. The van der Waals surface area contributed by atoms with E-state index in [-0.39, 0.29) is 12.6 Å². The number of halogens is 2. The highest BCUT2D eigenvalue weighted by atomic mass is 19.2.